The highest BCUT2D eigenvalue weighted by Crippen LogP contribution is 1.88. The van der Waals surface area contributed by atoms with Crippen LogP contribution in [0.5, 0.6) is 0 Å². The van der Waals surface area contributed by atoms with Crippen molar-refractivity contribution in [3.63, 3.8) is 0 Å². The van der Waals surface area contributed by atoms with E-state index < -0.39 is 0 Å². The molecule has 0 aromatic rings. The summed E-state index contributed by atoms with van der Waals surface area (Å²) in [4.78, 5) is 10.8. The summed E-state index contributed by atoms with van der Waals surface area (Å²) < 4.78 is 4.69. The number of carbonyl (C=O) groups excluding carboxylic acids is 1. The summed E-state index contributed by atoms with van der Waals surface area (Å²) >= 11 is 0. The maximum Gasteiger partial charge on any atom is 0.313 e. The third-order valence-electron chi connectivity index (χ3n) is 1.07. The summed E-state index contributed by atoms with van der Waals surface area (Å²) in [5, 5.41) is 3.70. The van der Waals surface area contributed by atoms with Gasteiger partial charge in [-0.25, -0.2) is 5.53 Å². The number of carbonyl (C=O) groups is 1. The van der Waals surface area contributed by atoms with Crippen LogP contribution in [0.3, 0.4) is 0 Å². The molecule has 11 heavy (non-hydrogen) atoms. The van der Waals surface area contributed by atoms with Crippen molar-refractivity contribution >= 4 is 11.8 Å². The van der Waals surface area contributed by atoms with E-state index in [9.17, 15) is 4.79 Å². The smallest absolute Gasteiger partial charge is 0.313 e. The minimum atomic E-state index is -0.288. The van der Waals surface area contributed by atoms with Crippen LogP contribution in [-0.4, -0.2) is 18.4 Å². The van der Waals surface area contributed by atoms with Crippen LogP contribution in [0.15, 0.2) is 5.10 Å². The standard InChI is InChI=1S/C5H10N4O2/c1-2-11-5(10)3-4-6-8-9-7-4/h8-9H,2-3H2,1H3,(H,6,7). The number of hydrogen-bond acceptors (Lipinski definition) is 6. The highest BCUT2D eigenvalue weighted by atomic mass is 16.5. The van der Waals surface area contributed by atoms with Crippen molar-refractivity contribution in [2.75, 3.05) is 6.61 Å². The molecule has 6 heteroatoms. The van der Waals surface area contributed by atoms with Crippen molar-refractivity contribution in [1.29, 1.82) is 0 Å². The second-order valence-corrected chi connectivity index (χ2v) is 1.90. The van der Waals surface area contributed by atoms with Crippen LogP contribution >= 0.6 is 0 Å². The zero-order valence-electron chi connectivity index (χ0n) is 6.18. The Balaban J connectivity index is 2.24. The largest absolute Gasteiger partial charge is 0.466 e. The van der Waals surface area contributed by atoms with Gasteiger partial charge in [-0.1, -0.05) is 0 Å². The first-order valence-corrected chi connectivity index (χ1v) is 3.31. The molecular formula is C5H10N4O2. The second-order valence-electron chi connectivity index (χ2n) is 1.90. The summed E-state index contributed by atoms with van der Waals surface area (Å²) in [6.07, 6.45) is 0.161. The molecule has 0 amide bonds. The van der Waals surface area contributed by atoms with Gasteiger partial charge in [0, 0.05) is 0 Å². The molecule has 0 atom stereocenters. The summed E-state index contributed by atoms with van der Waals surface area (Å²) in [7, 11) is 0. The SMILES string of the molecule is CCOC(=O)CC1=NNNN1. The summed E-state index contributed by atoms with van der Waals surface area (Å²) in [5.41, 5.74) is 7.58. The predicted molar refractivity (Wildman–Crippen MR) is 38.1 cm³/mol. The van der Waals surface area contributed by atoms with E-state index in [0.29, 0.717) is 12.4 Å². The molecule has 1 rings (SSSR count). The molecule has 1 aliphatic heterocycles. The average molecular weight is 158 g/mol. The quantitative estimate of drug-likeness (QED) is 0.453. The van der Waals surface area contributed by atoms with Crippen molar-refractivity contribution in [3.8, 4) is 0 Å². The fourth-order valence-electron chi connectivity index (χ4n) is 0.656. The number of ether oxygens (including phenoxy) is 1. The molecule has 0 saturated carbocycles. The van der Waals surface area contributed by atoms with E-state index in [1.165, 1.54) is 0 Å². The zero-order chi connectivity index (χ0) is 8.10. The molecule has 0 radical (unpaired) electrons. The topological polar surface area (TPSA) is 74.8 Å². The van der Waals surface area contributed by atoms with E-state index in [2.05, 4.69) is 26.3 Å². The van der Waals surface area contributed by atoms with E-state index in [1.807, 2.05) is 0 Å². The number of hydrogen-bond donors (Lipinski definition) is 3. The van der Waals surface area contributed by atoms with Gasteiger partial charge in [0.1, 0.15) is 6.42 Å². The first-order chi connectivity index (χ1) is 5.33. The molecule has 0 aromatic heterocycles. The fraction of sp³-hybridized carbons (Fsp3) is 0.600. The molecule has 1 heterocycles. The molecule has 6 nitrogen and oxygen atoms in total. The van der Waals surface area contributed by atoms with E-state index in [4.69, 9.17) is 0 Å². The number of rotatable bonds is 3. The normalized spacial score (nSPS) is 14.8. The summed E-state index contributed by atoms with van der Waals surface area (Å²) in [6, 6.07) is 0. The van der Waals surface area contributed by atoms with E-state index in [0.717, 1.165) is 0 Å². The molecule has 3 N–H and O–H groups in total. The van der Waals surface area contributed by atoms with Crippen molar-refractivity contribution in [2.45, 2.75) is 13.3 Å². The van der Waals surface area contributed by atoms with Crippen molar-refractivity contribution in [2.24, 2.45) is 5.10 Å². The third kappa shape index (κ3) is 2.42. The Hall–Kier alpha value is -1.30. The molecule has 0 aromatic carbocycles. The Morgan fingerprint density at radius 2 is 2.55 bits per heavy atom. The van der Waals surface area contributed by atoms with Crippen LogP contribution in [0.25, 0.3) is 0 Å². The van der Waals surface area contributed by atoms with Gasteiger partial charge in [0.15, 0.2) is 5.84 Å². The second kappa shape index (κ2) is 3.77. The van der Waals surface area contributed by atoms with Gasteiger partial charge in [-0.2, -0.15) is 0 Å². The van der Waals surface area contributed by atoms with Gasteiger partial charge >= 0.3 is 5.97 Å². The van der Waals surface area contributed by atoms with Gasteiger partial charge in [0.2, 0.25) is 0 Å². The molecule has 0 saturated heterocycles. The van der Waals surface area contributed by atoms with Gasteiger partial charge in [0.25, 0.3) is 0 Å². The lowest BCUT2D eigenvalue weighted by molar-refractivity contribution is -0.141. The molecule has 0 unspecified atom stereocenters. The minimum absolute atomic E-state index is 0.161. The van der Waals surface area contributed by atoms with E-state index >= 15 is 0 Å². The van der Waals surface area contributed by atoms with Crippen LogP contribution in [0.4, 0.5) is 0 Å². The maximum atomic E-state index is 10.8. The Kier molecular flexibility index (Phi) is 2.67. The number of esters is 1. The molecule has 0 fully saturated rings. The van der Waals surface area contributed by atoms with Crippen molar-refractivity contribution in [1.82, 2.24) is 16.5 Å². The first-order valence-electron chi connectivity index (χ1n) is 3.31. The van der Waals surface area contributed by atoms with Crippen LogP contribution in [0.2, 0.25) is 0 Å². The Morgan fingerprint density at radius 1 is 1.73 bits per heavy atom. The van der Waals surface area contributed by atoms with Gasteiger partial charge in [-0.3, -0.25) is 10.2 Å². The van der Waals surface area contributed by atoms with Gasteiger partial charge in [-0.05, 0) is 6.92 Å². The Labute approximate surface area is 63.9 Å². The van der Waals surface area contributed by atoms with Gasteiger partial charge in [-0.15, -0.1) is 10.6 Å². The van der Waals surface area contributed by atoms with Gasteiger partial charge < -0.3 is 4.74 Å². The molecule has 0 aliphatic carbocycles. The number of nitrogens with zero attached hydrogens (tertiary/aromatic N) is 1. The van der Waals surface area contributed by atoms with Crippen molar-refractivity contribution in [3.05, 3.63) is 0 Å². The molecule has 0 spiro atoms. The number of hydrazine groups is 2. The summed E-state index contributed by atoms with van der Waals surface area (Å²) in [5.74, 6) is 0.243. The number of hydrazone groups is 1. The molecule has 62 valence electrons. The minimum Gasteiger partial charge on any atom is -0.466 e. The number of nitrogens with one attached hydrogen (secondary N) is 3. The molecule has 1 aliphatic rings. The van der Waals surface area contributed by atoms with Crippen LogP contribution in [0.1, 0.15) is 13.3 Å². The molecule has 0 bridgehead atoms. The van der Waals surface area contributed by atoms with Crippen LogP contribution in [-0.2, 0) is 9.53 Å². The monoisotopic (exact) mass is 158 g/mol. The number of amidine groups is 1. The molecular weight excluding hydrogens is 148 g/mol. The average Bonchev–Trinajstić information content (AvgIpc) is 2.40. The zero-order valence-corrected chi connectivity index (χ0v) is 6.18. The lowest BCUT2D eigenvalue weighted by Crippen LogP contribution is -2.35. The lowest BCUT2D eigenvalue weighted by Gasteiger charge is -1.99. The van der Waals surface area contributed by atoms with E-state index in [-0.39, 0.29) is 12.4 Å². The van der Waals surface area contributed by atoms with E-state index in [1.54, 1.807) is 6.92 Å². The van der Waals surface area contributed by atoms with Crippen LogP contribution < -0.4 is 16.5 Å². The summed E-state index contributed by atoms with van der Waals surface area (Å²) in [6.45, 7) is 2.16. The Morgan fingerprint density at radius 3 is 3.09 bits per heavy atom. The third-order valence-corrected chi connectivity index (χ3v) is 1.07. The van der Waals surface area contributed by atoms with Crippen LogP contribution in [0, 0.1) is 0 Å². The van der Waals surface area contributed by atoms with Crippen molar-refractivity contribution < 1.29 is 9.53 Å². The highest BCUT2D eigenvalue weighted by Gasteiger charge is 2.10. The Bertz CT molecular complexity index is 179. The maximum absolute atomic E-state index is 10.8. The fourth-order valence-corrected chi connectivity index (χ4v) is 0.656. The first kappa shape index (κ1) is 7.80. The van der Waals surface area contributed by atoms with Gasteiger partial charge in [0.05, 0.1) is 6.61 Å². The lowest BCUT2D eigenvalue weighted by atomic mass is 10.4. The highest BCUT2D eigenvalue weighted by molar-refractivity contribution is 5.97. The predicted octanol–water partition coefficient (Wildman–Crippen LogP) is -1.13.